The molecule has 1 radical (unpaired) electrons. The molecule has 1 rings (SSSR count). The van der Waals surface area contributed by atoms with E-state index in [4.69, 9.17) is 0 Å². The molecule has 2 atom stereocenters. The molecule has 0 N–H and O–H groups in total. The number of allylic oxidation sites excluding steroid dienone is 2. The van der Waals surface area contributed by atoms with Gasteiger partial charge in [-0.1, -0.05) is 38.3 Å². The molecule has 12 heavy (non-hydrogen) atoms. The van der Waals surface area contributed by atoms with Crippen molar-refractivity contribution in [2.24, 2.45) is 11.8 Å². The van der Waals surface area contributed by atoms with Crippen molar-refractivity contribution >= 4 is 0 Å². The van der Waals surface area contributed by atoms with Gasteiger partial charge in [0, 0.05) is 0 Å². The SMILES string of the molecule is [CH2]C(CC)C1C=CCCCCC1. The van der Waals surface area contributed by atoms with Crippen LogP contribution < -0.4 is 0 Å². The molecule has 2 unspecified atom stereocenters. The van der Waals surface area contributed by atoms with E-state index in [2.05, 4.69) is 26.0 Å². The fourth-order valence-corrected chi connectivity index (χ4v) is 1.88. The van der Waals surface area contributed by atoms with E-state index in [1.54, 1.807) is 0 Å². The molecule has 0 heteroatoms. The Kier molecular flexibility index (Phi) is 4.42. The van der Waals surface area contributed by atoms with E-state index < -0.39 is 0 Å². The summed E-state index contributed by atoms with van der Waals surface area (Å²) in [6.07, 6.45) is 12.8. The van der Waals surface area contributed by atoms with Gasteiger partial charge in [0.1, 0.15) is 0 Å². The van der Waals surface area contributed by atoms with Crippen LogP contribution in [0.5, 0.6) is 0 Å². The third kappa shape index (κ3) is 3.00. The minimum absolute atomic E-state index is 0.638. The van der Waals surface area contributed by atoms with E-state index in [9.17, 15) is 0 Å². The summed E-state index contributed by atoms with van der Waals surface area (Å²) in [6.45, 7) is 6.44. The molecule has 0 aromatic carbocycles. The van der Waals surface area contributed by atoms with Gasteiger partial charge >= 0.3 is 0 Å². The zero-order chi connectivity index (χ0) is 8.81. The van der Waals surface area contributed by atoms with Crippen molar-refractivity contribution in [1.29, 1.82) is 0 Å². The molecular weight excluding hydrogens is 144 g/mol. The third-order valence-corrected chi connectivity index (χ3v) is 2.92. The summed E-state index contributed by atoms with van der Waals surface area (Å²) in [7, 11) is 0. The molecule has 0 fully saturated rings. The highest BCUT2D eigenvalue weighted by molar-refractivity contribution is 4.93. The van der Waals surface area contributed by atoms with E-state index in [0.29, 0.717) is 5.92 Å². The molecule has 0 aromatic heterocycles. The Morgan fingerprint density at radius 2 is 2.25 bits per heavy atom. The Hall–Kier alpha value is -0.260. The first-order chi connectivity index (χ1) is 5.84. The summed E-state index contributed by atoms with van der Waals surface area (Å²) < 4.78 is 0. The van der Waals surface area contributed by atoms with Gasteiger partial charge in [0.15, 0.2) is 0 Å². The van der Waals surface area contributed by atoms with Crippen molar-refractivity contribution in [3.05, 3.63) is 19.1 Å². The maximum absolute atomic E-state index is 4.20. The second-order valence-electron chi connectivity index (χ2n) is 3.90. The van der Waals surface area contributed by atoms with Crippen molar-refractivity contribution in [2.75, 3.05) is 0 Å². The van der Waals surface area contributed by atoms with Crippen LogP contribution in [0.1, 0.15) is 45.4 Å². The number of rotatable bonds is 2. The molecule has 69 valence electrons. The van der Waals surface area contributed by atoms with Crippen LogP contribution in [0.4, 0.5) is 0 Å². The van der Waals surface area contributed by atoms with Crippen LogP contribution in [0.15, 0.2) is 12.2 Å². The standard InChI is InChI=1S/C12H21/c1-3-11(2)12-9-7-5-4-6-8-10-12/h7,9,11-12H,2-6,8,10H2,1H3. The quantitative estimate of drug-likeness (QED) is 0.543. The molecule has 0 heterocycles. The average Bonchev–Trinajstić information content (AvgIpc) is 2.02. The maximum Gasteiger partial charge on any atom is -0.0205 e. The average molecular weight is 165 g/mol. The molecule has 0 bridgehead atoms. The molecule has 0 aliphatic heterocycles. The Bertz CT molecular complexity index is 135. The zero-order valence-corrected chi connectivity index (χ0v) is 8.26. The lowest BCUT2D eigenvalue weighted by molar-refractivity contribution is 0.405. The molecule has 0 saturated carbocycles. The van der Waals surface area contributed by atoms with Crippen LogP contribution in [-0.4, -0.2) is 0 Å². The normalized spacial score (nSPS) is 27.7. The van der Waals surface area contributed by atoms with E-state index in [1.165, 1.54) is 38.5 Å². The first-order valence-electron chi connectivity index (χ1n) is 5.34. The third-order valence-electron chi connectivity index (χ3n) is 2.92. The second-order valence-corrected chi connectivity index (χ2v) is 3.90. The second kappa shape index (κ2) is 5.40. The van der Waals surface area contributed by atoms with Gasteiger partial charge in [-0.05, 0) is 38.0 Å². The van der Waals surface area contributed by atoms with Gasteiger partial charge in [-0.3, -0.25) is 0 Å². The Morgan fingerprint density at radius 1 is 1.42 bits per heavy atom. The summed E-state index contributed by atoms with van der Waals surface area (Å²) in [6, 6.07) is 0. The van der Waals surface area contributed by atoms with Crippen molar-refractivity contribution < 1.29 is 0 Å². The lowest BCUT2D eigenvalue weighted by Crippen LogP contribution is -2.09. The highest BCUT2D eigenvalue weighted by atomic mass is 14.2. The minimum Gasteiger partial charge on any atom is -0.0882 e. The van der Waals surface area contributed by atoms with Crippen LogP contribution in [0.25, 0.3) is 0 Å². The van der Waals surface area contributed by atoms with Gasteiger partial charge < -0.3 is 0 Å². The molecule has 1 aliphatic rings. The molecule has 0 spiro atoms. The van der Waals surface area contributed by atoms with Gasteiger partial charge in [-0.15, -0.1) is 0 Å². The predicted molar refractivity (Wildman–Crippen MR) is 54.9 cm³/mol. The van der Waals surface area contributed by atoms with Crippen molar-refractivity contribution in [1.82, 2.24) is 0 Å². The largest absolute Gasteiger partial charge is 0.0882 e. The fraction of sp³-hybridized carbons (Fsp3) is 0.750. The van der Waals surface area contributed by atoms with Crippen molar-refractivity contribution in [2.45, 2.75) is 45.4 Å². The first kappa shape index (κ1) is 9.83. The molecule has 0 saturated heterocycles. The van der Waals surface area contributed by atoms with Crippen molar-refractivity contribution in [3.8, 4) is 0 Å². The number of hydrogen-bond acceptors (Lipinski definition) is 0. The Labute approximate surface area is 77.1 Å². The molecule has 0 amide bonds. The molecule has 1 aliphatic carbocycles. The minimum atomic E-state index is 0.638. The van der Waals surface area contributed by atoms with Crippen LogP contribution in [-0.2, 0) is 0 Å². The van der Waals surface area contributed by atoms with Gasteiger partial charge in [-0.2, -0.15) is 0 Å². The van der Waals surface area contributed by atoms with Crippen LogP contribution >= 0.6 is 0 Å². The highest BCUT2D eigenvalue weighted by Gasteiger charge is 2.12. The van der Waals surface area contributed by atoms with Crippen LogP contribution in [0, 0.1) is 18.8 Å². The lowest BCUT2D eigenvalue weighted by Gasteiger charge is -2.20. The van der Waals surface area contributed by atoms with Gasteiger partial charge in [0.25, 0.3) is 0 Å². The maximum atomic E-state index is 4.20. The highest BCUT2D eigenvalue weighted by Crippen LogP contribution is 2.25. The monoisotopic (exact) mass is 165 g/mol. The van der Waals surface area contributed by atoms with Gasteiger partial charge in [0.05, 0.1) is 0 Å². The summed E-state index contributed by atoms with van der Waals surface area (Å²) in [5.74, 6) is 1.40. The fourth-order valence-electron chi connectivity index (χ4n) is 1.88. The van der Waals surface area contributed by atoms with E-state index in [0.717, 1.165) is 5.92 Å². The molecule has 0 aromatic rings. The van der Waals surface area contributed by atoms with E-state index in [1.807, 2.05) is 0 Å². The summed E-state index contributed by atoms with van der Waals surface area (Å²) in [5, 5.41) is 0. The molecule has 0 nitrogen and oxygen atoms in total. The summed E-state index contributed by atoms with van der Waals surface area (Å²) >= 11 is 0. The first-order valence-corrected chi connectivity index (χ1v) is 5.34. The molecular formula is C12H21. The van der Waals surface area contributed by atoms with Crippen molar-refractivity contribution in [3.63, 3.8) is 0 Å². The lowest BCUT2D eigenvalue weighted by atomic mass is 9.85. The Morgan fingerprint density at radius 3 is 3.00 bits per heavy atom. The summed E-state index contributed by atoms with van der Waals surface area (Å²) in [4.78, 5) is 0. The van der Waals surface area contributed by atoms with Crippen LogP contribution in [0.3, 0.4) is 0 Å². The van der Waals surface area contributed by atoms with E-state index in [-0.39, 0.29) is 0 Å². The topological polar surface area (TPSA) is 0 Å². The van der Waals surface area contributed by atoms with Gasteiger partial charge in [-0.25, -0.2) is 0 Å². The van der Waals surface area contributed by atoms with Gasteiger partial charge in [0.2, 0.25) is 0 Å². The predicted octanol–water partition coefficient (Wildman–Crippen LogP) is 3.98. The Balaban J connectivity index is 2.43. The smallest absolute Gasteiger partial charge is 0.0205 e. The van der Waals surface area contributed by atoms with E-state index >= 15 is 0 Å². The zero-order valence-electron chi connectivity index (χ0n) is 8.26. The summed E-state index contributed by atoms with van der Waals surface area (Å²) in [5.41, 5.74) is 0. The number of hydrogen-bond donors (Lipinski definition) is 0. The van der Waals surface area contributed by atoms with Crippen LogP contribution in [0.2, 0.25) is 0 Å².